The van der Waals surface area contributed by atoms with Crippen molar-refractivity contribution in [1.29, 1.82) is 0 Å². The van der Waals surface area contributed by atoms with Crippen molar-refractivity contribution in [3.05, 3.63) is 67.9 Å². The van der Waals surface area contributed by atoms with Crippen molar-refractivity contribution < 1.29 is 9.18 Å². The number of carbonyl (C=O) groups excluding carboxylic acids is 1. The van der Waals surface area contributed by atoms with Gasteiger partial charge >= 0.3 is 0 Å². The van der Waals surface area contributed by atoms with Gasteiger partial charge in [0.25, 0.3) is 0 Å². The summed E-state index contributed by atoms with van der Waals surface area (Å²) in [5, 5.41) is 0.776. The zero-order chi connectivity index (χ0) is 14.0. The van der Waals surface area contributed by atoms with Crippen LogP contribution in [0.5, 0.6) is 0 Å². The molecule has 0 aliphatic heterocycles. The monoisotopic (exact) mass is 360 g/mol. The second-order valence-corrected chi connectivity index (χ2v) is 5.76. The Bertz CT molecular complexity index is 623. The summed E-state index contributed by atoms with van der Waals surface area (Å²) in [5.74, 6) is -0.598. The molecule has 0 N–H and O–H groups in total. The minimum absolute atomic E-state index is 0.0659. The average Bonchev–Trinajstić information content (AvgIpc) is 2.30. The molecule has 2 rings (SSSR count). The van der Waals surface area contributed by atoms with Gasteiger partial charge in [-0.15, -0.1) is 0 Å². The Morgan fingerprint density at radius 1 is 1.16 bits per heavy atom. The van der Waals surface area contributed by atoms with Crippen molar-refractivity contribution >= 4 is 44.9 Å². The molecule has 0 aliphatic rings. The first-order valence-corrected chi connectivity index (χ1v) is 6.94. The van der Waals surface area contributed by atoms with Gasteiger partial charge in [0, 0.05) is 21.5 Å². The molecular weight excluding hydrogens is 354 g/mol. The van der Waals surface area contributed by atoms with Crippen molar-refractivity contribution in [2.75, 3.05) is 0 Å². The fourth-order valence-electron chi connectivity index (χ4n) is 1.70. The first-order chi connectivity index (χ1) is 8.95. The highest BCUT2D eigenvalue weighted by Gasteiger charge is 2.12. The lowest BCUT2D eigenvalue weighted by atomic mass is 10.0. The lowest BCUT2D eigenvalue weighted by molar-refractivity contribution is 0.0993. The molecule has 98 valence electrons. The van der Waals surface area contributed by atoms with Gasteiger partial charge in [0.1, 0.15) is 5.82 Å². The van der Waals surface area contributed by atoms with Crippen LogP contribution in [0.25, 0.3) is 0 Å². The minimum atomic E-state index is -0.394. The van der Waals surface area contributed by atoms with Crippen molar-refractivity contribution in [1.82, 2.24) is 0 Å². The second kappa shape index (κ2) is 6.04. The molecule has 0 amide bonds. The SMILES string of the molecule is O=C(Cc1cc(F)cc(Br)c1)c1cc(Cl)ccc1Cl. The lowest BCUT2D eigenvalue weighted by Crippen LogP contribution is -2.04. The molecule has 1 nitrogen and oxygen atoms in total. The number of Topliss-reactive ketones (excluding diaryl/α,β-unsaturated/α-hetero) is 1. The summed E-state index contributed by atoms with van der Waals surface area (Å²) in [4.78, 5) is 12.1. The largest absolute Gasteiger partial charge is 0.294 e. The van der Waals surface area contributed by atoms with Crippen molar-refractivity contribution in [3.63, 3.8) is 0 Å². The predicted molar refractivity (Wildman–Crippen MR) is 78.6 cm³/mol. The Morgan fingerprint density at radius 3 is 2.58 bits per heavy atom. The Balaban J connectivity index is 2.28. The standard InChI is InChI=1S/C14H8BrCl2FO/c15-9-3-8(4-11(18)6-9)5-14(19)12-7-10(16)1-2-13(12)17/h1-4,6-7H,5H2. The molecule has 2 aromatic carbocycles. The maximum atomic E-state index is 13.2. The topological polar surface area (TPSA) is 17.1 Å². The van der Waals surface area contributed by atoms with Gasteiger partial charge < -0.3 is 0 Å². The van der Waals surface area contributed by atoms with Crippen molar-refractivity contribution in [2.24, 2.45) is 0 Å². The van der Waals surface area contributed by atoms with Gasteiger partial charge in [-0.1, -0.05) is 39.1 Å². The number of carbonyl (C=O) groups is 1. The summed E-state index contributed by atoms with van der Waals surface area (Å²) >= 11 is 15.0. The minimum Gasteiger partial charge on any atom is -0.294 e. The van der Waals surface area contributed by atoms with E-state index < -0.39 is 5.82 Å². The van der Waals surface area contributed by atoms with E-state index in [0.717, 1.165) is 0 Å². The van der Waals surface area contributed by atoms with E-state index in [2.05, 4.69) is 15.9 Å². The van der Waals surface area contributed by atoms with Gasteiger partial charge in [-0.25, -0.2) is 4.39 Å². The summed E-state index contributed by atoms with van der Waals surface area (Å²) in [6.07, 6.45) is 0.0659. The molecule has 0 radical (unpaired) electrons. The first-order valence-electron chi connectivity index (χ1n) is 5.39. The maximum Gasteiger partial charge on any atom is 0.168 e. The van der Waals surface area contributed by atoms with Crippen LogP contribution in [0.2, 0.25) is 10.0 Å². The number of hydrogen-bond acceptors (Lipinski definition) is 1. The summed E-state index contributed by atoms with van der Waals surface area (Å²) in [6, 6.07) is 9.04. The molecule has 5 heteroatoms. The first kappa shape index (κ1) is 14.5. The zero-order valence-electron chi connectivity index (χ0n) is 9.59. The lowest BCUT2D eigenvalue weighted by Gasteiger charge is -2.05. The molecule has 0 saturated heterocycles. The van der Waals surface area contributed by atoms with E-state index in [1.54, 1.807) is 18.2 Å². The van der Waals surface area contributed by atoms with Crippen molar-refractivity contribution in [3.8, 4) is 0 Å². The molecular formula is C14H8BrCl2FO. The van der Waals surface area contributed by atoms with Gasteiger partial charge in [0.15, 0.2) is 5.78 Å². The molecule has 2 aromatic rings. The zero-order valence-corrected chi connectivity index (χ0v) is 12.7. The van der Waals surface area contributed by atoms with Gasteiger partial charge in [0.2, 0.25) is 0 Å². The Hall–Kier alpha value is -0.900. The highest BCUT2D eigenvalue weighted by Crippen LogP contribution is 2.23. The van der Waals surface area contributed by atoms with E-state index in [4.69, 9.17) is 23.2 Å². The van der Waals surface area contributed by atoms with E-state index in [-0.39, 0.29) is 12.2 Å². The molecule has 0 saturated carbocycles. The van der Waals surface area contributed by atoms with Crippen molar-refractivity contribution in [2.45, 2.75) is 6.42 Å². The van der Waals surface area contributed by atoms with Gasteiger partial charge in [-0.05, 0) is 42.0 Å². The smallest absolute Gasteiger partial charge is 0.168 e. The number of hydrogen-bond donors (Lipinski definition) is 0. The molecule has 0 heterocycles. The summed E-state index contributed by atoms with van der Waals surface area (Å²) in [6.45, 7) is 0. The van der Waals surface area contributed by atoms with E-state index in [9.17, 15) is 9.18 Å². The van der Waals surface area contributed by atoms with E-state index in [1.807, 2.05) is 0 Å². The normalized spacial score (nSPS) is 10.5. The maximum absolute atomic E-state index is 13.2. The number of rotatable bonds is 3. The predicted octanol–water partition coefficient (Wildman–Crippen LogP) is 5.32. The van der Waals surface area contributed by atoms with Crippen LogP contribution in [0.1, 0.15) is 15.9 Å². The fraction of sp³-hybridized carbons (Fsp3) is 0.0714. The average molecular weight is 362 g/mol. The Kier molecular flexibility index (Phi) is 4.61. The van der Waals surface area contributed by atoms with Crippen LogP contribution < -0.4 is 0 Å². The van der Waals surface area contributed by atoms with Crippen LogP contribution in [0.3, 0.4) is 0 Å². The summed E-state index contributed by atoms with van der Waals surface area (Å²) in [5.41, 5.74) is 0.919. The van der Waals surface area contributed by atoms with Crippen LogP contribution in [0.15, 0.2) is 40.9 Å². The van der Waals surface area contributed by atoms with Crippen LogP contribution >= 0.6 is 39.1 Å². The molecule has 19 heavy (non-hydrogen) atoms. The molecule has 0 aromatic heterocycles. The van der Waals surface area contributed by atoms with Crippen LogP contribution in [-0.4, -0.2) is 5.78 Å². The Morgan fingerprint density at radius 2 is 1.89 bits per heavy atom. The molecule has 0 atom stereocenters. The van der Waals surface area contributed by atoms with Crippen LogP contribution in [-0.2, 0) is 6.42 Å². The summed E-state index contributed by atoms with van der Waals surface area (Å²) < 4.78 is 13.8. The molecule has 0 bridgehead atoms. The number of benzene rings is 2. The summed E-state index contributed by atoms with van der Waals surface area (Å²) in [7, 11) is 0. The van der Waals surface area contributed by atoms with Gasteiger partial charge in [0.05, 0.1) is 5.02 Å². The highest BCUT2D eigenvalue weighted by atomic mass is 79.9. The highest BCUT2D eigenvalue weighted by molar-refractivity contribution is 9.10. The van der Waals surface area contributed by atoms with Gasteiger partial charge in [-0.3, -0.25) is 4.79 Å². The number of ketones is 1. The molecule has 0 aliphatic carbocycles. The third-order valence-electron chi connectivity index (χ3n) is 2.52. The van der Waals surface area contributed by atoms with E-state index >= 15 is 0 Å². The third kappa shape index (κ3) is 3.78. The quantitative estimate of drug-likeness (QED) is 0.676. The Labute approximate surface area is 128 Å². The number of halogens is 4. The molecule has 0 fully saturated rings. The van der Waals surface area contributed by atoms with E-state index in [1.165, 1.54) is 18.2 Å². The molecule has 0 unspecified atom stereocenters. The molecule has 0 spiro atoms. The fourth-order valence-corrected chi connectivity index (χ4v) is 2.61. The third-order valence-corrected chi connectivity index (χ3v) is 3.54. The van der Waals surface area contributed by atoms with Crippen LogP contribution in [0.4, 0.5) is 4.39 Å². The van der Waals surface area contributed by atoms with Gasteiger partial charge in [-0.2, -0.15) is 0 Å². The van der Waals surface area contributed by atoms with E-state index in [0.29, 0.717) is 25.6 Å². The van der Waals surface area contributed by atoms with Crippen LogP contribution in [0, 0.1) is 5.82 Å². The second-order valence-electron chi connectivity index (χ2n) is 4.00.